The smallest absolute Gasteiger partial charge is 0.351 e. The lowest BCUT2D eigenvalue weighted by molar-refractivity contribution is -0.136. The SMILES string of the molecule is CCOC(=O)/C(C#N)=c1\s/c(=C/Nc2ccccc2CCO)c(=O)n1CC. The van der Waals surface area contributed by atoms with Crippen LogP contribution in [0.15, 0.2) is 29.1 Å². The molecule has 27 heavy (non-hydrogen) atoms. The van der Waals surface area contributed by atoms with Crippen molar-refractivity contribution in [3.05, 3.63) is 49.4 Å². The maximum Gasteiger partial charge on any atom is 0.351 e. The van der Waals surface area contributed by atoms with Crippen molar-refractivity contribution in [2.24, 2.45) is 0 Å². The number of ether oxygens (including phenoxy) is 1. The fourth-order valence-electron chi connectivity index (χ4n) is 2.52. The highest BCUT2D eigenvalue weighted by Crippen LogP contribution is 2.15. The fraction of sp³-hybridized carbons (Fsp3) is 0.316. The predicted octanol–water partition coefficient (Wildman–Crippen LogP) is 0.552. The first-order valence-electron chi connectivity index (χ1n) is 8.54. The van der Waals surface area contributed by atoms with E-state index >= 15 is 0 Å². The Morgan fingerprint density at radius 1 is 1.41 bits per heavy atom. The van der Waals surface area contributed by atoms with Gasteiger partial charge in [-0.25, -0.2) is 4.79 Å². The predicted molar refractivity (Wildman–Crippen MR) is 104 cm³/mol. The minimum absolute atomic E-state index is 0.0184. The van der Waals surface area contributed by atoms with Gasteiger partial charge >= 0.3 is 5.97 Å². The first kappa shape index (κ1) is 20.4. The number of rotatable bonds is 7. The van der Waals surface area contributed by atoms with Crippen LogP contribution in [0.5, 0.6) is 0 Å². The van der Waals surface area contributed by atoms with E-state index in [2.05, 4.69) is 5.32 Å². The number of anilines is 1. The number of nitrogens with one attached hydrogen (secondary N) is 1. The quantitative estimate of drug-likeness (QED) is 0.673. The zero-order valence-corrected chi connectivity index (χ0v) is 16.0. The molecule has 1 heterocycles. The summed E-state index contributed by atoms with van der Waals surface area (Å²) in [6, 6.07) is 9.31. The molecule has 0 saturated heterocycles. The molecule has 2 rings (SSSR count). The maximum absolute atomic E-state index is 12.6. The molecule has 1 aromatic carbocycles. The zero-order valence-electron chi connectivity index (χ0n) is 15.2. The Balaban J connectivity index is 2.56. The largest absolute Gasteiger partial charge is 0.462 e. The minimum atomic E-state index is -0.740. The van der Waals surface area contributed by atoms with Crippen molar-refractivity contribution in [3.8, 4) is 6.07 Å². The molecule has 0 atom stereocenters. The number of aliphatic hydroxyl groups excluding tert-OH is 1. The van der Waals surface area contributed by atoms with Gasteiger partial charge in [0.1, 0.15) is 15.3 Å². The summed E-state index contributed by atoms with van der Waals surface area (Å²) in [5.74, 6) is -0.740. The number of thiazole rings is 1. The summed E-state index contributed by atoms with van der Waals surface area (Å²) in [6.45, 7) is 3.91. The molecule has 0 spiro atoms. The lowest BCUT2D eigenvalue weighted by Gasteiger charge is -2.06. The average molecular weight is 387 g/mol. The number of nitrogens with zero attached hydrogens (tertiary/aromatic N) is 2. The number of hydrogen-bond donors (Lipinski definition) is 2. The molecule has 0 aliphatic rings. The van der Waals surface area contributed by atoms with Gasteiger partial charge in [0.25, 0.3) is 5.56 Å². The highest BCUT2D eigenvalue weighted by Gasteiger charge is 2.16. The van der Waals surface area contributed by atoms with Crippen molar-refractivity contribution < 1.29 is 14.6 Å². The molecule has 7 nitrogen and oxygen atoms in total. The molecule has 0 radical (unpaired) electrons. The van der Waals surface area contributed by atoms with E-state index in [0.717, 1.165) is 22.6 Å². The zero-order chi connectivity index (χ0) is 19.8. The van der Waals surface area contributed by atoms with Crippen LogP contribution in [-0.2, 0) is 22.5 Å². The van der Waals surface area contributed by atoms with Gasteiger partial charge in [-0.2, -0.15) is 5.26 Å². The molecule has 2 aromatic rings. The van der Waals surface area contributed by atoms with Gasteiger partial charge in [0.05, 0.1) is 6.61 Å². The van der Waals surface area contributed by atoms with E-state index in [1.54, 1.807) is 20.0 Å². The Hall–Kier alpha value is -2.89. The Kier molecular flexibility index (Phi) is 7.34. The highest BCUT2D eigenvalue weighted by atomic mass is 32.1. The van der Waals surface area contributed by atoms with Gasteiger partial charge in [-0.3, -0.25) is 9.36 Å². The lowest BCUT2D eigenvalue weighted by Crippen LogP contribution is -2.32. The molecular weight excluding hydrogens is 366 g/mol. The average Bonchev–Trinajstić information content (AvgIpc) is 2.97. The van der Waals surface area contributed by atoms with E-state index in [-0.39, 0.29) is 29.0 Å². The van der Waals surface area contributed by atoms with E-state index in [9.17, 15) is 14.9 Å². The summed E-state index contributed by atoms with van der Waals surface area (Å²) in [5, 5.41) is 21.6. The van der Waals surface area contributed by atoms with E-state index < -0.39 is 5.97 Å². The van der Waals surface area contributed by atoms with Gasteiger partial charge in [-0.15, -0.1) is 11.3 Å². The van der Waals surface area contributed by atoms with Crippen LogP contribution in [-0.4, -0.2) is 28.9 Å². The summed E-state index contributed by atoms with van der Waals surface area (Å²) >= 11 is 1.06. The van der Waals surface area contributed by atoms with Crippen LogP contribution in [0.4, 0.5) is 5.69 Å². The summed E-state index contributed by atoms with van der Waals surface area (Å²) in [6.07, 6.45) is 2.04. The molecule has 0 fully saturated rings. The second kappa shape index (κ2) is 9.71. The Morgan fingerprint density at radius 3 is 2.78 bits per heavy atom. The third-order valence-corrected chi connectivity index (χ3v) is 4.92. The van der Waals surface area contributed by atoms with E-state index in [1.807, 2.05) is 30.3 Å². The lowest BCUT2D eigenvalue weighted by atomic mass is 10.1. The van der Waals surface area contributed by atoms with Crippen molar-refractivity contribution >= 4 is 34.8 Å². The minimum Gasteiger partial charge on any atom is -0.462 e. The van der Waals surface area contributed by atoms with Crippen molar-refractivity contribution in [1.29, 1.82) is 5.26 Å². The number of nitriles is 1. The van der Waals surface area contributed by atoms with Crippen LogP contribution < -0.4 is 20.1 Å². The molecule has 0 unspecified atom stereocenters. The summed E-state index contributed by atoms with van der Waals surface area (Å²) < 4.78 is 6.94. The molecule has 0 amide bonds. The highest BCUT2D eigenvalue weighted by molar-refractivity contribution is 7.07. The standard InChI is InChI=1S/C19H21N3O4S/c1-3-22-17(24)16(27-18(22)14(11-20)19(25)26-4-2)12-21-15-8-6-5-7-13(15)9-10-23/h5-8,12,21,23H,3-4,9-10H2,1-2H3/b16-12+,18-14-. The van der Waals surface area contributed by atoms with Crippen molar-refractivity contribution in [1.82, 2.24) is 4.57 Å². The molecule has 1 aromatic heterocycles. The first-order chi connectivity index (χ1) is 13.1. The number of benzene rings is 1. The second-order valence-electron chi connectivity index (χ2n) is 5.45. The van der Waals surface area contributed by atoms with Crippen LogP contribution in [0.25, 0.3) is 11.8 Å². The van der Waals surface area contributed by atoms with Gasteiger partial charge in [-0.05, 0) is 31.9 Å². The number of carbonyl (C=O) groups is 1. The molecule has 0 saturated carbocycles. The van der Waals surface area contributed by atoms with E-state index in [0.29, 0.717) is 17.5 Å². The summed E-state index contributed by atoms with van der Waals surface area (Å²) in [5.41, 5.74) is 1.22. The third kappa shape index (κ3) is 4.64. The topological polar surface area (TPSA) is 104 Å². The van der Waals surface area contributed by atoms with Crippen molar-refractivity contribution in [2.45, 2.75) is 26.8 Å². The maximum atomic E-state index is 12.6. The van der Waals surface area contributed by atoms with Gasteiger partial charge in [0, 0.05) is 25.0 Å². The van der Waals surface area contributed by atoms with Crippen molar-refractivity contribution in [3.63, 3.8) is 0 Å². The van der Waals surface area contributed by atoms with E-state index in [4.69, 9.17) is 9.84 Å². The van der Waals surface area contributed by atoms with Crippen LogP contribution in [0, 0.1) is 11.3 Å². The number of esters is 1. The van der Waals surface area contributed by atoms with Gasteiger partial charge in [0.15, 0.2) is 5.57 Å². The molecule has 8 heteroatoms. The van der Waals surface area contributed by atoms with Gasteiger partial charge < -0.3 is 15.2 Å². The molecular formula is C19H21N3O4S. The van der Waals surface area contributed by atoms with Crippen LogP contribution >= 0.6 is 11.3 Å². The molecule has 0 aliphatic heterocycles. The Morgan fingerprint density at radius 2 is 2.15 bits per heavy atom. The number of para-hydroxylation sites is 1. The number of hydrogen-bond acceptors (Lipinski definition) is 7. The Bertz CT molecular complexity index is 1030. The molecule has 142 valence electrons. The van der Waals surface area contributed by atoms with Crippen LogP contribution in [0.2, 0.25) is 0 Å². The van der Waals surface area contributed by atoms with E-state index in [1.165, 1.54) is 4.57 Å². The number of aromatic nitrogens is 1. The Labute approximate surface area is 160 Å². The van der Waals surface area contributed by atoms with Crippen LogP contribution in [0.1, 0.15) is 19.4 Å². The number of carbonyl (C=O) groups excluding carboxylic acids is 1. The van der Waals surface area contributed by atoms with Crippen LogP contribution in [0.3, 0.4) is 0 Å². The third-order valence-electron chi connectivity index (χ3n) is 3.79. The second-order valence-corrected chi connectivity index (χ2v) is 6.48. The monoisotopic (exact) mass is 387 g/mol. The van der Waals surface area contributed by atoms with Gasteiger partial charge in [-0.1, -0.05) is 18.2 Å². The first-order valence-corrected chi connectivity index (χ1v) is 9.35. The molecule has 2 N–H and O–H groups in total. The molecule has 0 aliphatic carbocycles. The number of aliphatic hydroxyl groups is 1. The molecule has 0 bridgehead atoms. The normalized spacial score (nSPS) is 12.4. The summed E-state index contributed by atoms with van der Waals surface area (Å²) in [4.78, 5) is 24.7. The van der Waals surface area contributed by atoms with Crippen molar-refractivity contribution in [2.75, 3.05) is 18.5 Å². The van der Waals surface area contributed by atoms with Gasteiger partial charge in [0.2, 0.25) is 0 Å². The summed E-state index contributed by atoms with van der Waals surface area (Å²) in [7, 11) is 0. The fourth-order valence-corrected chi connectivity index (χ4v) is 3.60.